The van der Waals surface area contributed by atoms with Crippen molar-refractivity contribution < 1.29 is 8.42 Å². The number of benzene rings is 1. The molecule has 0 aliphatic heterocycles. The standard InChI is InChI=1S/C11H8Br3N3O2S/c12-6-3-8(13)11(9(14)4-6)17-20(18,19)7-1-2-16-10(15)5-7/h1-5,17H,(H2,15,16). The zero-order valence-electron chi connectivity index (χ0n) is 9.77. The highest BCUT2D eigenvalue weighted by molar-refractivity contribution is 9.11. The van der Waals surface area contributed by atoms with Crippen molar-refractivity contribution in [3.8, 4) is 0 Å². The van der Waals surface area contributed by atoms with Crippen LogP contribution in [0.1, 0.15) is 0 Å². The van der Waals surface area contributed by atoms with E-state index in [2.05, 4.69) is 57.5 Å². The number of halogens is 3. The van der Waals surface area contributed by atoms with E-state index in [1.165, 1.54) is 18.3 Å². The average Bonchev–Trinajstić information content (AvgIpc) is 2.34. The number of nitrogens with two attached hydrogens (primary N) is 1. The first kappa shape index (κ1) is 15.7. The first-order chi connectivity index (χ1) is 9.29. The fourth-order valence-corrected chi connectivity index (χ4v) is 5.27. The molecule has 1 aromatic carbocycles. The Morgan fingerprint density at radius 3 is 2.25 bits per heavy atom. The number of hydrogen-bond donors (Lipinski definition) is 2. The van der Waals surface area contributed by atoms with Crippen LogP contribution in [-0.2, 0) is 10.0 Å². The summed E-state index contributed by atoms with van der Waals surface area (Å²) >= 11 is 9.95. The lowest BCUT2D eigenvalue weighted by atomic mass is 10.3. The molecule has 0 spiro atoms. The highest BCUT2D eigenvalue weighted by Gasteiger charge is 2.18. The SMILES string of the molecule is Nc1cc(S(=O)(=O)Nc2c(Br)cc(Br)cc2Br)ccn1. The van der Waals surface area contributed by atoms with E-state index in [1.54, 1.807) is 12.1 Å². The second-order valence-electron chi connectivity index (χ2n) is 3.77. The van der Waals surface area contributed by atoms with Gasteiger partial charge in [0.25, 0.3) is 10.0 Å². The lowest BCUT2D eigenvalue weighted by Gasteiger charge is -2.12. The number of rotatable bonds is 3. The lowest BCUT2D eigenvalue weighted by molar-refractivity contribution is 0.601. The van der Waals surface area contributed by atoms with Crippen molar-refractivity contribution in [3.63, 3.8) is 0 Å². The van der Waals surface area contributed by atoms with Crippen molar-refractivity contribution in [1.82, 2.24) is 4.98 Å². The van der Waals surface area contributed by atoms with Crippen LogP contribution in [0.3, 0.4) is 0 Å². The molecule has 20 heavy (non-hydrogen) atoms. The number of pyridine rings is 1. The van der Waals surface area contributed by atoms with Crippen LogP contribution in [0.25, 0.3) is 0 Å². The molecule has 2 rings (SSSR count). The number of nitrogens with one attached hydrogen (secondary N) is 1. The summed E-state index contributed by atoms with van der Waals surface area (Å²) < 4.78 is 29.1. The van der Waals surface area contributed by atoms with E-state index in [4.69, 9.17) is 5.73 Å². The predicted octanol–water partition coefficient (Wildman–Crippen LogP) is 3.75. The van der Waals surface area contributed by atoms with E-state index in [0.29, 0.717) is 14.6 Å². The van der Waals surface area contributed by atoms with E-state index in [9.17, 15) is 8.42 Å². The van der Waals surface area contributed by atoms with Crippen LogP contribution in [0, 0.1) is 0 Å². The first-order valence-electron chi connectivity index (χ1n) is 5.18. The maximum absolute atomic E-state index is 12.3. The molecule has 1 heterocycles. The molecule has 0 aliphatic rings. The third-order valence-corrected chi connectivity index (χ3v) is 5.36. The van der Waals surface area contributed by atoms with Crippen LogP contribution < -0.4 is 10.5 Å². The minimum Gasteiger partial charge on any atom is -0.384 e. The van der Waals surface area contributed by atoms with Crippen molar-refractivity contribution >= 4 is 69.3 Å². The summed E-state index contributed by atoms with van der Waals surface area (Å²) in [6, 6.07) is 6.15. The van der Waals surface area contributed by atoms with Gasteiger partial charge in [-0.15, -0.1) is 0 Å². The summed E-state index contributed by atoms with van der Waals surface area (Å²) in [4.78, 5) is 3.82. The Morgan fingerprint density at radius 1 is 1.10 bits per heavy atom. The molecule has 0 saturated carbocycles. The van der Waals surface area contributed by atoms with Gasteiger partial charge in [0.1, 0.15) is 5.82 Å². The Balaban J connectivity index is 2.44. The summed E-state index contributed by atoms with van der Waals surface area (Å²) in [6.45, 7) is 0. The average molecular weight is 486 g/mol. The first-order valence-corrected chi connectivity index (χ1v) is 9.05. The molecule has 0 radical (unpaired) electrons. The normalized spacial score (nSPS) is 11.3. The van der Waals surface area contributed by atoms with Crippen molar-refractivity contribution in [1.29, 1.82) is 0 Å². The number of nitrogen functional groups attached to an aromatic ring is 1. The zero-order chi connectivity index (χ0) is 14.9. The molecule has 0 bridgehead atoms. The second kappa shape index (κ2) is 6.00. The van der Waals surface area contributed by atoms with Gasteiger partial charge in [0.2, 0.25) is 0 Å². The van der Waals surface area contributed by atoms with Crippen LogP contribution in [0.4, 0.5) is 11.5 Å². The van der Waals surface area contributed by atoms with Gasteiger partial charge in [-0.25, -0.2) is 13.4 Å². The highest BCUT2D eigenvalue weighted by atomic mass is 79.9. The maximum atomic E-state index is 12.3. The van der Waals surface area contributed by atoms with Crippen molar-refractivity contribution in [2.45, 2.75) is 4.90 Å². The topological polar surface area (TPSA) is 85.1 Å². The minimum atomic E-state index is -3.74. The molecule has 1 aromatic heterocycles. The zero-order valence-corrected chi connectivity index (χ0v) is 15.3. The van der Waals surface area contributed by atoms with Gasteiger partial charge < -0.3 is 5.73 Å². The van der Waals surface area contributed by atoms with Crippen LogP contribution >= 0.6 is 47.8 Å². The van der Waals surface area contributed by atoms with Gasteiger partial charge in [-0.3, -0.25) is 4.72 Å². The Hall–Kier alpha value is -0.640. The van der Waals surface area contributed by atoms with Gasteiger partial charge in [-0.2, -0.15) is 0 Å². The maximum Gasteiger partial charge on any atom is 0.262 e. The van der Waals surface area contributed by atoms with E-state index in [1.807, 2.05) is 0 Å². The lowest BCUT2D eigenvalue weighted by Crippen LogP contribution is -2.14. The molecule has 106 valence electrons. The monoisotopic (exact) mass is 483 g/mol. The second-order valence-corrected chi connectivity index (χ2v) is 8.07. The van der Waals surface area contributed by atoms with Gasteiger partial charge in [0.05, 0.1) is 10.6 Å². The van der Waals surface area contributed by atoms with E-state index in [-0.39, 0.29) is 10.7 Å². The fourth-order valence-electron chi connectivity index (χ4n) is 1.43. The minimum absolute atomic E-state index is 0.0479. The summed E-state index contributed by atoms with van der Waals surface area (Å²) in [7, 11) is -3.74. The molecule has 2 aromatic rings. The number of nitrogens with zero attached hydrogens (tertiary/aromatic N) is 1. The Bertz CT molecular complexity index is 742. The predicted molar refractivity (Wildman–Crippen MR) is 89.0 cm³/mol. The van der Waals surface area contributed by atoms with E-state index < -0.39 is 10.0 Å². The van der Waals surface area contributed by atoms with Gasteiger partial charge >= 0.3 is 0 Å². The summed E-state index contributed by atoms with van der Waals surface area (Å²) in [6.07, 6.45) is 1.34. The van der Waals surface area contributed by atoms with Crippen molar-refractivity contribution in [3.05, 3.63) is 43.9 Å². The van der Waals surface area contributed by atoms with Gasteiger partial charge in [0.15, 0.2) is 0 Å². The summed E-state index contributed by atoms with van der Waals surface area (Å²) in [5, 5.41) is 0. The number of sulfonamides is 1. The molecule has 5 nitrogen and oxygen atoms in total. The highest BCUT2D eigenvalue weighted by Crippen LogP contribution is 2.35. The number of aromatic nitrogens is 1. The van der Waals surface area contributed by atoms with Gasteiger partial charge in [0, 0.05) is 25.7 Å². The van der Waals surface area contributed by atoms with Crippen LogP contribution in [0.5, 0.6) is 0 Å². The fraction of sp³-hybridized carbons (Fsp3) is 0. The number of anilines is 2. The Morgan fingerprint density at radius 2 is 1.70 bits per heavy atom. The third kappa shape index (κ3) is 3.51. The molecule has 0 fully saturated rings. The Kier molecular flexibility index (Phi) is 4.73. The van der Waals surface area contributed by atoms with Crippen LogP contribution in [0.2, 0.25) is 0 Å². The van der Waals surface area contributed by atoms with Crippen molar-refractivity contribution in [2.75, 3.05) is 10.5 Å². The van der Waals surface area contributed by atoms with Crippen molar-refractivity contribution in [2.24, 2.45) is 0 Å². The van der Waals surface area contributed by atoms with Crippen LogP contribution in [-0.4, -0.2) is 13.4 Å². The third-order valence-electron chi connectivity index (χ3n) is 2.31. The molecular formula is C11H8Br3N3O2S. The quantitative estimate of drug-likeness (QED) is 0.693. The number of hydrogen-bond acceptors (Lipinski definition) is 4. The summed E-state index contributed by atoms with van der Waals surface area (Å²) in [5.74, 6) is 0.141. The largest absolute Gasteiger partial charge is 0.384 e. The Labute approximate surface area is 141 Å². The van der Waals surface area contributed by atoms with E-state index >= 15 is 0 Å². The molecular weight excluding hydrogens is 478 g/mol. The summed E-state index contributed by atoms with van der Waals surface area (Å²) in [5.41, 5.74) is 5.91. The molecule has 0 unspecified atom stereocenters. The van der Waals surface area contributed by atoms with Gasteiger partial charge in [-0.05, 0) is 50.1 Å². The molecule has 0 saturated heterocycles. The van der Waals surface area contributed by atoms with Crippen LogP contribution in [0.15, 0.2) is 48.8 Å². The smallest absolute Gasteiger partial charge is 0.262 e. The molecule has 3 N–H and O–H groups in total. The molecule has 0 aliphatic carbocycles. The van der Waals surface area contributed by atoms with E-state index in [0.717, 1.165) is 4.47 Å². The van der Waals surface area contributed by atoms with Gasteiger partial charge in [-0.1, -0.05) is 15.9 Å². The molecule has 0 amide bonds. The molecule has 9 heteroatoms. The molecule has 0 atom stereocenters.